The Hall–Kier alpha value is -2.18. The normalized spacial score (nSPS) is 18.7. The van der Waals surface area contributed by atoms with Crippen LogP contribution in [0.4, 0.5) is 5.82 Å². The Morgan fingerprint density at radius 3 is 2.92 bits per heavy atom. The van der Waals surface area contributed by atoms with E-state index in [0.717, 1.165) is 23.9 Å². The van der Waals surface area contributed by atoms with Crippen molar-refractivity contribution in [1.82, 2.24) is 4.98 Å². The van der Waals surface area contributed by atoms with Crippen LogP contribution in [0.3, 0.4) is 0 Å². The zero-order chi connectivity index (χ0) is 17.1. The van der Waals surface area contributed by atoms with Gasteiger partial charge in [-0.3, -0.25) is 0 Å². The van der Waals surface area contributed by atoms with Crippen molar-refractivity contribution in [2.75, 3.05) is 31.7 Å². The molecule has 0 bridgehead atoms. The van der Waals surface area contributed by atoms with E-state index in [-0.39, 0.29) is 24.0 Å². The molecule has 2 aromatic rings. The lowest BCUT2D eigenvalue weighted by molar-refractivity contribution is 0.0697. The van der Waals surface area contributed by atoms with E-state index in [4.69, 9.17) is 4.74 Å². The molecule has 2 heterocycles. The quantitative estimate of drug-likeness (QED) is 0.753. The summed E-state index contributed by atoms with van der Waals surface area (Å²) in [5.41, 5.74) is 1.64. The highest BCUT2D eigenvalue weighted by Gasteiger charge is 2.26. The summed E-state index contributed by atoms with van der Waals surface area (Å²) < 4.78 is 5.38. The molecule has 1 fully saturated rings. The highest BCUT2D eigenvalue weighted by atomic mass is 16.5. The van der Waals surface area contributed by atoms with Crippen LogP contribution in [0.5, 0.6) is 0 Å². The molecule has 0 saturated carbocycles. The van der Waals surface area contributed by atoms with Gasteiger partial charge < -0.3 is 20.3 Å². The minimum atomic E-state index is -1.00. The first-order valence-electron chi connectivity index (χ1n) is 8.17. The van der Waals surface area contributed by atoms with Crippen molar-refractivity contribution in [2.24, 2.45) is 11.8 Å². The van der Waals surface area contributed by atoms with Gasteiger partial charge in [0.05, 0.1) is 5.52 Å². The van der Waals surface area contributed by atoms with E-state index >= 15 is 0 Å². The van der Waals surface area contributed by atoms with Crippen molar-refractivity contribution in [2.45, 2.75) is 13.3 Å². The summed E-state index contributed by atoms with van der Waals surface area (Å²) in [6, 6.07) is 7.50. The molecular formula is C18H22N2O4. The third kappa shape index (κ3) is 3.20. The third-order valence-electron chi connectivity index (χ3n) is 4.76. The molecule has 1 aliphatic heterocycles. The number of nitrogens with one attached hydrogen (secondary N) is 1. The van der Waals surface area contributed by atoms with Crippen molar-refractivity contribution in [3.63, 3.8) is 0 Å². The van der Waals surface area contributed by atoms with Crippen LogP contribution >= 0.6 is 0 Å². The summed E-state index contributed by atoms with van der Waals surface area (Å²) in [6.45, 7) is 3.66. The average Bonchev–Trinajstić information content (AvgIpc) is 3.09. The summed E-state index contributed by atoms with van der Waals surface area (Å²) in [4.78, 5) is 16.2. The monoisotopic (exact) mass is 330 g/mol. The Balaban J connectivity index is 1.90. The number of carboxylic acid groups (broad SMARTS) is 1. The molecule has 24 heavy (non-hydrogen) atoms. The maximum Gasteiger partial charge on any atom is 0.339 e. The Morgan fingerprint density at radius 2 is 2.25 bits per heavy atom. The SMILES string of the molecule is Cc1c(C(=O)O)c(NCC(CO)C2CCOC2)nc2ccccc12. The van der Waals surface area contributed by atoms with Gasteiger partial charge in [0.25, 0.3) is 0 Å². The Morgan fingerprint density at radius 1 is 1.46 bits per heavy atom. The van der Waals surface area contributed by atoms with Gasteiger partial charge in [-0.2, -0.15) is 0 Å². The van der Waals surface area contributed by atoms with Crippen molar-refractivity contribution in [3.05, 3.63) is 35.4 Å². The highest BCUT2D eigenvalue weighted by molar-refractivity contribution is 6.01. The number of aromatic carboxylic acids is 1. The number of aliphatic hydroxyl groups is 1. The first-order chi connectivity index (χ1) is 11.6. The second-order valence-electron chi connectivity index (χ2n) is 6.23. The zero-order valence-electron chi connectivity index (χ0n) is 13.7. The fraction of sp³-hybridized carbons (Fsp3) is 0.444. The number of carboxylic acids is 1. The highest BCUT2D eigenvalue weighted by Crippen LogP contribution is 2.27. The van der Waals surface area contributed by atoms with Crippen LogP contribution in [0.15, 0.2) is 24.3 Å². The molecule has 2 atom stereocenters. The number of aliphatic hydroxyl groups excluding tert-OH is 1. The first kappa shape index (κ1) is 16.7. The molecule has 3 N–H and O–H groups in total. The van der Waals surface area contributed by atoms with Gasteiger partial charge in [0.2, 0.25) is 0 Å². The molecule has 6 heteroatoms. The zero-order valence-corrected chi connectivity index (χ0v) is 13.7. The number of anilines is 1. The molecule has 1 saturated heterocycles. The molecule has 128 valence electrons. The Bertz CT molecular complexity index is 741. The summed E-state index contributed by atoms with van der Waals surface area (Å²) in [5, 5.41) is 23.2. The second kappa shape index (κ2) is 7.15. The van der Waals surface area contributed by atoms with Crippen LogP contribution in [0, 0.1) is 18.8 Å². The molecule has 3 rings (SSSR count). The van der Waals surface area contributed by atoms with E-state index in [9.17, 15) is 15.0 Å². The molecule has 0 aliphatic carbocycles. The Kier molecular flexibility index (Phi) is 4.97. The lowest BCUT2D eigenvalue weighted by Crippen LogP contribution is -2.27. The third-order valence-corrected chi connectivity index (χ3v) is 4.76. The van der Waals surface area contributed by atoms with Crippen molar-refractivity contribution >= 4 is 22.7 Å². The number of pyridine rings is 1. The maximum absolute atomic E-state index is 11.7. The van der Waals surface area contributed by atoms with Gasteiger partial charge in [-0.1, -0.05) is 18.2 Å². The minimum absolute atomic E-state index is 0.0164. The second-order valence-corrected chi connectivity index (χ2v) is 6.23. The van der Waals surface area contributed by atoms with Crippen LogP contribution in [0.25, 0.3) is 10.9 Å². The lowest BCUT2D eigenvalue weighted by Gasteiger charge is -2.22. The lowest BCUT2D eigenvalue weighted by atomic mass is 9.92. The maximum atomic E-state index is 11.7. The number of ether oxygens (including phenoxy) is 1. The standard InChI is InChI=1S/C18H22N2O4/c1-11-14-4-2-3-5-15(14)20-17(16(11)18(22)23)19-8-13(9-21)12-6-7-24-10-12/h2-5,12-13,21H,6-10H2,1H3,(H,19,20)(H,22,23). The van der Waals surface area contributed by atoms with E-state index in [1.807, 2.05) is 24.3 Å². The fourth-order valence-electron chi connectivity index (χ4n) is 3.30. The molecule has 1 aliphatic rings. The first-order valence-corrected chi connectivity index (χ1v) is 8.17. The number of hydrogen-bond donors (Lipinski definition) is 3. The van der Waals surface area contributed by atoms with Crippen LogP contribution in [0.1, 0.15) is 22.3 Å². The van der Waals surface area contributed by atoms with E-state index in [2.05, 4.69) is 10.3 Å². The van der Waals surface area contributed by atoms with E-state index in [1.165, 1.54) is 0 Å². The van der Waals surface area contributed by atoms with Gasteiger partial charge in [-0.25, -0.2) is 9.78 Å². The van der Waals surface area contributed by atoms with Crippen LogP contribution in [-0.4, -0.2) is 47.5 Å². The van der Waals surface area contributed by atoms with Gasteiger partial charge in [-0.15, -0.1) is 0 Å². The molecule has 1 aromatic heterocycles. The number of aryl methyl sites for hydroxylation is 1. The van der Waals surface area contributed by atoms with Crippen molar-refractivity contribution < 1.29 is 19.7 Å². The van der Waals surface area contributed by atoms with E-state index in [1.54, 1.807) is 6.92 Å². The van der Waals surface area contributed by atoms with Gasteiger partial charge in [0.1, 0.15) is 11.4 Å². The summed E-state index contributed by atoms with van der Waals surface area (Å²) in [6.07, 6.45) is 0.920. The largest absolute Gasteiger partial charge is 0.478 e. The molecule has 0 amide bonds. The van der Waals surface area contributed by atoms with Crippen molar-refractivity contribution in [3.8, 4) is 0 Å². The van der Waals surface area contributed by atoms with Crippen LogP contribution < -0.4 is 5.32 Å². The molecule has 0 spiro atoms. The van der Waals surface area contributed by atoms with E-state index in [0.29, 0.717) is 24.5 Å². The smallest absolute Gasteiger partial charge is 0.339 e. The molecule has 0 radical (unpaired) electrons. The topological polar surface area (TPSA) is 91.7 Å². The molecular weight excluding hydrogens is 308 g/mol. The molecule has 6 nitrogen and oxygen atoms in total. The van der Waals surface area contributed by atoms with Crippen LogP contribution in [0.2, 0.25) is 0 Å². The summed E-state index contributed by atoms with van der Waals surface area (Å²) in [5.74, 6) is -0.339. The number of carbonyl (C=O) groups is 1. The van der Waals surface area contributed by atoms with Gasteiger partial charge >= 0.3 is 5.97 Å². The number of aromatic nitrogens is 1. The number of hydrogen-bond acceptors (Lipinski definition) is 5. The Labute approximate surface area is 140 Å². The van der Waals surface area contributed by atoms with Gasteiger partial charge in [0.15, 0.2) is 0 Å². The molecule has 2 unspecified atom stereocenters. The summed E-state index contributed by atoms with van der Waals surface area (Å²) >= 11 is 0. The number of rotatable bonds is 6. The number of fused-ring (bicyclic) bond motifs is 1. The average molecular weight is 330 g/mol. The number of nitrogens with zero attached hydrogens (tertiary/aromatic N) is 1. The predicted octanol–water partition coefficient (Wildman–Crippen LogP) is 2.30. The van der Waals surface area contributed by atoms with Crippen LogP contribution in [-0.2, 0) is 4.74 Å². The fourth-order valence-corrected chi connectivity index (χ4v) is 3.30. The number of para-hydroxylation sites is 1. The van der Waals surface area contributed by atoms with Gasteiger partial charge in [0, 0.05) is 37.7 Å². The van der Waals surface area contributed by atoms with Gasteiger partial charge in [-0.05, 0) is 30.9 Å². The predicted molar refractivity (Wildman–Crippen MR) is 91.4 cm³/mol. The minimum Gasteiger partial charge on any atom is -0.478 e. The van der Waals surface area contributed by atoms with Crippen molar-refractivity contribution in [1.29, 1.82) is 0 Å². The summed E-state index contributed by atoms with van der Waals surface area (Å²) in [7, 11) is 0. The van der Waals surface area contributed by atoms with E-state index < -0.39 is 5.97 Å². The molecule has 1 aromatic carbocycles. The number of benzene rings is 1.